The maximum atomic E-state index is 13.1. The molecule has 1 saturated heterocycles. The number of rotatable bonds is 10. The maximum absolute atomic E-state index is 13.1. The second-order valence-electron chi connectivity index (χ2n) is 11.1. The molecule has 0 radical (unpaired) electrons. The summed E-state index contributed by atoms with van der Waals surface area (Å²) < 4.78 is 0. The number of carbonyl (C=O) groups is 2. The van der Waals surface area contributed by atoms with Crippen LogP contribution in [0.3, 0.4) is 0 Å². The summed E-state index contributed by atoms with van der Waals surface area (Å²) >= 11 is 0. The number of piperidine rings is 1. The highest BCUT2D eigenvalue weighted by atomic mass is 16.2. The second kappa shape index (κ2) is 12.6. The van der Waals surface area contributed by atoms with Crippen molar-refractivity contribution >= 4 is 17.5 Å². The minimum Gasteiger partial charge on any atom is -0.371 e. The molecule has 6 nitrogen and oxygen atoms in total. The first-order valence-corrected chi connectivity index (χ1v) is 14.1. The van der Waals surface area contributed by atoms with Crippen LogP contribution < -0.4 is 15.5 Å². The summed E-state index contributed by atoms with van der Waals surface area (Å²) in [5, 5.41) is 6.15. The third-order valence-corrected chi connectivity index (χ3v) is 8.53. The molecule has 2 aliphatic rings. The normalized spacial score (nSPS) is 18.5. The average Bonchev–Trinajstić information content (AvgIpc) is 3.43. The molecule has 0 bridgehead atoms. The Balaban J connectivity index is 1.31. The smallest absolute Gasteiger partial charge is 0.251 e. The molecule has 1 saturated carbocycles. The van der Waals surface area contributed by atoms with Gasteiger partial charge in [0.05, 0.1) is 0 Å². The van der Waals surface area contributed by atoms with Gasteiger partial charge in [0.2, 0.25) is 5.91 Å². The van der Waals surface area contributed by atoms with E-state index in [0.717, 1.165) is 50.9 Å². The van der Waals surface area contributed by atoms with Crippen LogP contribution in [0.1, 0.15) is 80.1 Å². The topological polar surface area (TPSA) is 64.7 Å². The Bertz CT molecular complexity index is 1010. The highest BCUT2D eigenvalue weighted by Gasteiger charge is 2.36. The summed E-state index contributed by atoms with van der Waals surface area (Å²) in [5.41, 5.74) is 3.20. The first kappa shape index (κ1) is 27.2. The molecule has 1 aliphatic carbocycles. The third kappa shape index (κ3) is 6.72. The van der Waals surface area contributed by atoms with Gasteiger partial charge in [0.1, 0.15) is 6.04 Å². The molecule has 2 amide bonds. The Labute approximate surface area is 222 Å². The fraction of sp³-hybridized carbons (Fsp3) is 0.548. The van der Waals surface area contributed by atoms with Gasteiger partial charge in [-0.1, -0.05) is 56.5 Å². The molecule has 2 aromatic carbocycles. The third-order valence-electron chi connectivity index (χ3n) is 8.53. The minimum atomic E-state index is -0.519. The maximum Gasteiger partial charge on any atom is 0.251 e. The van der Waals surface area contributed by atoms with Crippen LogP contribution in [0.15, 0.2) is 54.6 Å². The van der Waals surface area contributed by atoms with E-state index in [2.05, 4.69) is 64.9 Å². The molecule has 0 aromatic heterocycles. The van der Waals surface area contributed by atoms with Crippen LogP contribution in [0, 0.1) is 0 Å². The standard InChI is InChI=1S/C31H44N4O2/c1-4-10-28(30(37)32-23-31(34(2)3)19-8-9-20-31)33-29(36)26-13-15-27(16-14-26)35-21-17-25(18-22-35)24-11-6-5-7-12-24/h5-7,11-16,25,28H,4,8-10,17-23H2,1-3H3,(H,32,37)(H,33,36)/t28-/m0/s1. The molecule has 1 heterocycles. The van der Waals surface area contributed by atoms with E-state index < -0.39 is 6.04 Å². The first-order chi connectivity index (χ1) is 17.9. The van der Waals surface area contributed by atoms with E-state index >= 15 is 0 Å². The van der Waals surface area contributed by atoms with E-state index in [9.17, 15) is 9.59 Å². The number of anilines is 1. The molecule has 37 heavy (non-hydrogen) atoms. The van der Waals surface area contributed by atoms with Gasteiger partial charge in [-0.05, 0) is 81.9 Å². The lowest BCUT2D eigenvalue weighted by molar-refractivity contribution is -0.123. The number of amides is 2. The van der Waals surface area contributed by atoms with Crippen LogP contribution in [0.4, 0.5) is 5.69 Å². The number of nitrogens with zero attached hydrogens (tertiary/aromatic N) is 2. The van der Waals surface area contributed by atoms with Crippen LogP contribution >= 0.6 is 0 Å². The van der Waals surface area contributed by atoms with Crippen molar-refractivity contribution in [2.45, 2.75) is 75.8 Å². The number of likely N-dealkylation sites (N-methyl/N-ethyl adjacent to an activating group) is 1. The zero-order valence-corrected chi connectivity index (χ0v) is 22.8. The molecule has 4 rings (SSSR count). The molecular weight excluding hydrogens is 460 g/mol. The molecule has 1 atom stereocenters. The van der Waals surface area contributed by atoms with Crippen molar-refractivity contribution in [3.63, 3.8) is 0 Å². The Hall–Kier alpha value is -2.86. The second-order valence-corrected chi connectivity index (χ2v) is 11.1. The Morgan fingerprint density at radius 2 is 1.65 bits per heavy atom. The molecule has 2 aromatic rings. The van der Waals surface area contributed by atoms with Crippen molar-refractivity contribution in [1.82, 2.24) is 15.5 Å². The van der Waals surface area contributed by atoms with E-state index in [1.165, 1.54) is 18.4 Å². The minimum absolute atomic E-state index is 0.0296. The number of carbonyl (C=O) groups excluding carboxylic acids is 2. The summed E-state index contributed by atoms with van der Waals surface area (Å²) in [7, 11) is 4.19. The van der Waals surface area contributed by atoms with Gasteiger partial charge < -0.3 is 20.4 Å². The van der Waals surface area contributed by atoms with Crippen LogP contribution in [-0.2, 0) is 4.79 Å². The van der Waals surface area contributed by atoms with Crippen LogP contribution in [0.25, 0.3) is 0 Å². The van der Waals surface area contributed by atoms with Crippen molar-refractivity contribution in [3.8, 4) is 0 Å². The molecule has 200 valence electrons. The lowest BCUT2D eigenvalue weighted by Gasteiger charge is -2.37. The number of nitrogens with one attached hydrogen (secondary N) is 2. The molecule has 0 unspecified atom stereocenters. The summed E-state index contributed by atoms with van der Waals surface area (Å²) in [4.78, 5) is 30.8. The van der Waals surface area contributed by atoms with Crippen LogP contribution in [-0.4, -0.2) is 62.0 Å². The molecule has 6 heteroatoms. The fourth-order valence-electron chi connectivity index (χ4n) is 6.01. The quantitative estimate of drug-likeness (QED) is 0.480. The zero-order valence-electron chi connectivity index (χ0n) is 22.8. The highest BCUT2D eigenvalue weighted by molar-refractivity contribution is 5.97. The van der Waals surface area contributed by atoms with E-state index in [1.807, 2.05) is 31.2 Å². The molecule has 2 fully saturated rings. The lowest BCUT2D eigenvalue weighted by atomic mass is 9.89. The zero-order chi connectivity index (χ0) is 26.3. The summed E-state index contributed by atoms with van der Waals surface area (Å²) in [6, 6.07) is 18.1. The monoisotopic (exact) mass is 504 g/mol. The van der Waals surface area contributed by atoms with E-state index in [4.69, 9.17) is 0 Å². The van der Waals surface area contributed by atoms with Crippen molar-refractivity contribution in [2.24, 2.45) is 0 Å². The average molecular weight is 505 g/mol. The first-order valence-electron chi connectivity index (χ1n) is 14.1. The Morgan fingerprint density at radius 3 is 2.24 bits per heavy atom. The number of hydrogen-bond acceptors (Lipinski definition) is 4. The number of benzene rings is 2. The van der Waals surface area contributed by atoms with Gasteiger partial charge in [-0.15, -0.1) is 0 Å². The predicted molar refractivity (Wildman–Crippen MR) is 151 cm³/mol. The van der Waals surface area contributed by atoms with E-state index in [-0.39, 0.29) is 17.4 Å². The molecular formula is C31H44N4O2. The molecule has 0 spiro atoms. The van der Waals surface area contributed by atoms with Gasteiger partial charge in [-0.2, -0.15) is 0 Å². The van der Waals surface area contributed by atoms with Crippen LogP contribution in [0.5, 0.6) is 0 Å². The van der Waals surface area contributed by atoms with Gasteiger partial charge in [0, 0.05) is 36.4 Å². The lowest BCUT2D eigenvalue weighted by Crippen LogP contribution is -2.54. The Morgan fingerprint density at radius 1 is 1.00 bits per heavy atom. The van der Waals surface area contributed by atoms with Gasteiger partial charge in [-0.3, -0.25) is 9.59 Å². The van der Waals surface area contributed by atoms with Crippen molar-refractivity contribution < 1.29 is 9.59 Å². The molecule has 2 N–H and O–H groups in total. The number of hydrogen-bond donors (Lipinski definition) is 2. The fourth-order valence-corrected chi connectivity index (χ4v) is 6.01. The summed E-state index contributed by atoms with van der Waals surface area (Å²) in [5.74, 6) is 0.345. The predicted octanol–water partition coefficient (Wildman–Crippen LogP) is 4.96. The summed E-state index contributed by atoms with van der Waals surface area (Å²) in [6.45, 7) is 4.70. The SMILES string of the molecule is CCC[C@H](NC(=O)c1ccc(N2CCC(c3ccccc3)CC2)cc1)C(=O)NCC1(N(C)C)CCCC1. The van der Waals surface area contributed by atoms with Crippen molar-refractivity contribution in [1.29, 1.82) is 0 Å². The van der Waals surface area contributed by atoms with Gasteiger partial charge in [-0.25, -0.2) is 0 Å². The van der Waals surface area contributed by atoms with Crippen molar-refractivity contribution in [2.75, 3.05) is 38.6 Å². The highest BCUT2D eigenvalue weighted by Crippen LogP contribution is 2.33. The molecule has 1 aliphatic heterocycles. The summed E-state index contributed by atoms with van der Waals surface area (Å²) in [6.07, 6.45) is 8.32. The van der Waals surface area contributed by atoms with E-state index in [0.29, 0.717) is 24.4 Å². The largest absolute Gasteiger partial charge is 0.371 e. The van der Waals surface area contributed by atoms with E-state index in [1.54, 1.807) is 0 Å². The van der Waals surface area contributed by atoms with Gasteiger partial charge in [0.25, 0.3) is 5.91 Å². The van der Waals surface area contributed by atoms with Gasteiger partial charge >= 0.3 is 0 Å². The van der Waals surface area contributed by atoms with Crippen molar-refractivity contribution in [3.05, 3.63) is 65.7 Å². The van der Waals surface area contributed by atoms with Gasteiger partial charge in [0.15, 0.2) is 0 Å². The van der Waals surface area contributed by atoms with Crippen LogP contribution in [0.2, 0.25) is 0 Å². The Kier molecular flexibility index (Phi) is 9.25.